The van der Waals surface area contributed by atoms with Gasteiger partial charge in [0.15, 0.2) is 6.61 Å². The van der Waals surface area contributed by atoms with Gasteiger partial charge in [0, 0.05) is 13.1 Å². The zero-order chi connectivity index (χ0) is 14.7. The van der Waals surface area contributed by atoms with E-state index in [1.807, 2.05) is 12.1 Å². The van der Waals surface area contributed by atoms with Crippen molar-refractivity contribution in [2.75, 3.05) is 38.1 Å². The molecule has 0 spiro atoms. The Morgan fingerprint density at radius 3 is 3.19 bits per heavy atom. The minimum absolute atomic E-state index is 0.0850. The quantitative estimate of drug-likeness (QED) is 0.861. The van der Waals surface area contributed by atoms with Crippen LogP contribution in [0.2, 0.25) is 0 Å². The largest absolute Gasteiger partial charge is 0.482 e. The molecule has 2 N–H and O–H groups in total. The van der Waals surface area contributed by atoms with Gasteiger partial charge in [-0.05, 0) is 49.7 Å². The number of nitrogens with zero attached hydrogens (tertiary/aromatic N) is 1. The second-order valence-corrected chi connectivity index (χ2v) is 5.85. The van der Waals surface area contributed by atoms with Crippen LogP contribution < -0.4 is 15.4 Å². The number of carbonyl (C=O) groups is 1. The standard InChI is InChI=1S/C16H23N3O2/c1-2-19-6-5-13(10-19)9-17-8-12-3-4-15-14(7-12)18-16(20)11-21-15/h3-4,7,13,17H,2,5-6,8-11H2,1H3,(H,18,20). The summed E-state index contributed by atoms with van der Waals surface area (Å²) in [6.45, 7) is 7.80. The lowest BCUT2D eigenvalue weighted by Gasteiger charge is -2.19. The van der Waals surface area contributed by atoms with Gasteiger partial charge in [0.25, 0.3) is 5.91 Å². The van der Waals surface area contributed by atoms with Gasteiger partial charge < -0.3 is 20.3 Å². The fourth-order valence-electron chi connectivity index (χ4n) is 3.03. The molecule has 0 radical (unpaired) electrons. The Bertz CT molecular complexity index is 518. The number of amides is 1. The number of rotatable bonds is 5. The van der Waals surface area contributed by atoms with Gasteiger partial charge in [-0.2, -0.15) is 0 Å². The van der Waals surface area contributed by atoms with Crippen LogP contribution in [-0.2, 0) is 11.3 Å². The number of carbonyl (C=O) groups excluding carboxylic acids is 1. The van der Waals surface area contributed by atoms with Crippen LogP contribution in [0.5, 0.6) is 5.75 Å². The molecule has 0 saturated carbocycles. The number of benzene rings is 1. The SMILES string of the molecule is CCN1CCC(CNCc2ccc3c(c2)NC(=O)CO3)C1. The first-order chi connectivity index (χ1) is 10.2. The van der Waals surface area contributed by atoms with Gasteiger partial charge in [-0.25, -0.2) is 0 Å². The lowest BCUT2D eigenvalue weighted by molar-refractivity contribution is -0.118. The van der Waals surface area contributed by atoms with Crippen LogP contribution in [0.25, 0.3) is 0 Å². The second-order valence-electron chi connectivity index (χ2n) is 5.85. The number of hydrogen-bond acceptors (Lipinski definition) is 4. The molecule has 3 rings (SSSR count). The molecule has 5 heteroatoms. The summed E-state index contributed by atoms with van der Waals surface area (Å²) >= 11 is 0. The maximum Gasteiger partial charge on any atom is 0.262 e. The average Bonchev–Trinajstić information content (AvgIpc) is 2.95. The number of nitrogens with one attached hydrogen (secondary N) is 2. The molecule has 114 valence electrons. The zero-order valence-electron chi connectivity index (χ0n) is 12.5. The van der Waals surface area contributed by atoms with Crippen molar-refractivity contribution in [3.8, 4) is 5.75 Å². The molecule has 0 aromatic heterocycles. The highest BCUT2D eigenvalue weighted by Gasteiger charge is 2.20. The Morgan fingerprint density at radius 2 is 2.38 bits per heavy atom. The lowest BCUT2D eigenvalue weighted by atomic mass is 10.1. The van der Waals surface area contributed by atoms with Crippen LogP contribution in [-0.4, -0.2) is 43.6 Å². The molecule has 2 heterocycles. The minimum Gasteiger partial charge on any atom is -0.482 e. The predicted octanol–water partition coefficient (Wildman–Crippen LogP) is 1.45. The van der Waals surface area contributed by atoms with E-state index < -0.39 is 0 Å². The first-order valence-electron chi connectivity index (χ1n) is 7.73. The normalized spacial score (nSPS) is 21.8. The third-order valence-corrected chi connectivity index (χ3v) is 4.26. The first kappa shape index (κ1) is 14.4. The topological polar surface area (TPSA) is 53.6 Å². The summed E-state index contributed by atoms with van der Waals surface area (Å²) in [6, 6.07) is 5.98. The summed E-state index contributed by atoms with van der Waals surface area (Å²) in [4.78, 5) is 13.8. The molecule has 1 amide bonds. The summed E-state index contributed by atoms with van der Waals surface area (Å²) in [5, 5.41) is 6.37. The van der Waals surface area contributed by atoms with E-state index in [0.29, 0.717) is 0 Å². The Labute approximate surface area is 125 Å². The maximum atomic E-state index is 11.3. The predicted molar refractivity (Wildman–Crippen MR) is 82.5 cm³/mol. The highest BCUT2D eigenvalue weighted by atomic mass is 16.5. The molecule has 1 saturated heterocycles. The fraction of sp³-hybridized carbons (Fsp3) is 0.562. The van der Waals surface area contributed by atoms with Crippen molar-refractivity contribution < 1.29 is 9.53 Å². The van der Waals surface area contributed by atoms with Crippen LogP contribution in [0.3, 0.4) is 0 Å². The minimum atomic E-state index is -0.0850. The van der Waals surface area contributed by atoms with E-state index in [0.717, 1.165) is 37.0 Å². The third kappa shape index (κ3) is 3.54. The van der Waals surface area contributed by atoms with E-state index in [4.69, 9.17) is 4.74 Å². The average molecular weight is 289 g/mol. The van der Waals surface area contributed by atoms with Gasteiger partial charge in [0.2, 0.25) is 0 Å². The molecule has 1 fully saturated rings. The highest BCUT2D eigenvalue weighted by Crippen LogP contribution is 2.28. The van der Waals surface area contributed by atoms with E-state index in [-0.39, 0.29) is 12.5 Å². The molecule has 5 nitrogen and oxygen atoms in total. The molecule has 2 aliphatic heterocycles. The van der Waals surface area contributed by atoms with Crippen molar-refractivity contribution in [2.24, 2.45) is 5.92 Å². The molecule has 0 aliphatic carbocycles. The molecular formula is C16H23N3O2. The monoisotopic (exact) mass is 289 g/mol. The van der Waals surface area contributed by atoms with Crippen LogP contribution in [0, 0.1) is 5.92 Å². The van der Waals surface area contributed by atoms with E-state index >= 15 is 0 Å². The Morgan fingerprint density at radius 1 is 1.48 bits per heavy atom. The van der Waals surface area contributed by atoms with E-state index in [9.17, 15) is 4.79 Å². The van der Waals surface area contributed by atoms with Crippen LogP contribution >= 0.6 is 0 Å². The van der Waals surface area contributed by atoms with Crippen molar-refractivity contribution in [2.45, 2.75) is 19.9 Å². The molecule has 1 atom stereocenters. The smallest absolute Gasteiger partial charge is 0.262 e. The van der Waals surface area contributed by atoms with Gasteiger partial charge >= 0.3 is 0 Å². The van der Waals surface area contributed by atoms with Crippen LogP contribution in [0.15, 0.2) is 18.2 Å². The highest BCUT2D eigenvalue weighted by molar-refractivity contribution is 5.95. The van der Waals surface area contributed by atoms with E-state index in [1.54, 1.807) is 0 Å². The van der Waals surface area contributed by atoms with Crippen LogP contribution in [0.4, 0.5) is 5.69 Å². The molecule has 21 heavy (non-hydrogen) atoms. The number of ether oxygens (including phenoxy) is 1. The van der Waals surface area contributed by atoms with Crippen molar-refractivity contribution in [3.63, 3.8) is 0 Å². The Kier molecular flexibility index (Phi) is 4.41. The summed E-state index contributed by atoms with van der Waals surface area (Å²) in [5.74, 6) is 1.43. The fourth-order valence-corrected chi connectivity index (χ4v) is 3.03. The Hall–Kier alpha value is -1.59. The summed E-state index contributed by atoms with van der Waals surface area (Å²) < 4.78 is 5.36. The number of likely N-dealkylation sites (tertiary alicyclic amines) is 1. The van der Waals surface area contributed by atoms with Gasteiger partial charge in [0.1, 0.15) is 5.75 Å². The second kappa shape index (κ2) is 6.45. The van der Waals surface area contributed by atoms with Crippen molar-refractivity contribution >= 4 is 11.6 Å². The Balaban J connectivity index is 1.50. The van der Waals surface area contributed by atoms with Gasteiger partial charge in [-0.3, -0.25) is 4.79 Å². The zero-order valence-corrected chi connectivity index (χ0v) is 12.5. The number of anilines is 1. The maximum absolute atomic E-state index is 11.3. The lowest BCUT2D eigenvalue weighted by Crippen LogP contribution is -2.27. The van der Waals surface area contributed by atoms with Crippen LogP contribution in [0.1, 0.15) is 18.9 Å². The van der Waals surface area contributed by atoms with Crippen molar-refractivity contribution in [1.29, 1.82) is 0 Å². The van der Waals surface area contributed by atoms with Gasteiger partial charge in [0.05, 0.1) is 5.69 Å². The van der Waals surface area contributed by atoms with E-state index in [2.05, 4.69) is 28.5 Å². The van der Waals surface area contributed by atoms with E-state index in [1.165, 1.54) is 25.1 Å². The number of hydrogen-bond donors (Lipinski definition) is 2. The molecule has 1 aromatic carbocycles. The molecule has 2 aliphatic rings. The molecule has 1 aromatic rings. The first-order valence-corrected chi connectivity index (χ1v) is 7.73. The van der Waals surface area contributed by atoms with Crippen molar-refractivity contribution in [3.05, 3.63) is 23.8 Å². The molecular weight excluding hydrogens is 266 g/mol. The summed E-state index contributed by atoms with van der Waals surface area (Å²) in [5.41, 5.74) is 1.95. The summed E-state index contributed by atoms with van der Waals surface area (Å²) in [6.07, 6.45) is 1.29. The number of fused-ring (bicyclic) bond motifs is 1. The third-order valence-electron chi connectivity index (χ3n) is 4.26. The molecule has 0 bridgehead atoms. The van der Waals surface area contributed by atoms with Gasteiger partial charge in [-0.15, -0.1) is 0 Å². The molecule has 1 unspecified atom stereocenters. The van der Waals surface area contributed by atoms with Gasteiger partial charge in [-0.1, -0.05) is 13.0 Å². The summed E-state index contributed by atoms with van der Waals surface area (Å²) in [7, 11) is 0. The van der Waals surface area contributed by atoms with Crippen molar-refractivity contribution in [1.82, 2.24) is 10.2 Å².